The topological polar surface area (TPSA) is 66.9 Å². The first kappa shape index (κ1) is 24.4. The third-order valence-electron chi connectivity index (χ3n) is 5.81. The minimum Gasteiger partial charge on any atom is -0.481 e. The molecule has 0 unspecified atom stereocenters. The van der Waals surface area contributed by atoms with Crippen LogP contribution < -0.4 is 9.64 Å². The number of hydrogen-bond donors (Lipinski definition) is 0. The summed E-state index contributed by atoms with van der Waals surface area (Å²) in [5.74, 6) is 0.431. The quantitative estimate of drug-likeness (QED) is 0.601. The summed E-state index contributed by atoms with van der Waals surface area (Å²) in [5.41, 5.74) is 3.75. The van der Waals surface area contributed by atoms with Crippen molar-refractivity contribution in [2.75, 3.05) is 30.5 Å². The van der Waals surface area contributed by atoms with Crippen molar-refractivity contribution in [1.82, 2.24) is 4.90 Å². The second-order valence-corrected chi connectivity index (χ2v) is 11.3. The molecule has 2 atom stereocenters. The number of ether oxygens (including phenoxy) is 1. The Balaban J connectivity index is 1.82. The second kappa shape index (κ2) is 9.71. The van der Waals surface area contributed by atoms with Crippen LogP contribution in [0, 0.1) is 13.8 Å². The third kappa shape index (κ3) is 5.75. The number of amides is 1. The number of carbonyl (C=O) groups is 1. The van der Waals surface area contributed by atoms with Gasteiger partial charge < -0.3 is 14.5 Å². The standard InChI is InChI=1S/C24H31ClN2O4S/c1-16-12-22(13-17(2)23(16)25)31-18(3)24(28)27(21-10-11-32(29,30)15-21)14-19-6-8-20(9-7-19)26(4)5/h6-9,12-13,18,21H,10-11,14-15H2,1-5H3/t18-,21-/m1/s1. The Morgan fingerprint density at radius 1 is 1.16 bits per heavy atom. The van der Waals surface area contributed by atoms with Crippen LogP contribution in [0.1, 0.15) is 30.0 Å². The number of aryl methyl sites for hydroxylation is 2. The van der Waals surface area contributed by atoms with Crippen LogP contribution >= 0.6 is 11.6 Å². The number of halogens is 1. The fraction of sp³-hybridized carbons (Fsp3) is 0.458. The molecule has 8 heteroatoms. The van der Waals surface area contributed by atoms with E-state index in [0.717, 1.165) is 22.4 Å². The van der Waals surface area contributed by atoms with Crippen LogP contribution in [0.2, 0.25) is 5.02 Å². The first-order valence-electron chi connectivity index (χ1n) is 10.7. The molecule has 0 spiro atoms. The molecule has 32 heavy (non-hydrogen) atoms. The highest BCUT2D eigenvalue weighted by Crippen LogP contribution is 2.28. The van der Waals surface area contributed by atoms with Crippen molar-refractivity contribution in [2.24, 2.45) is 0 Å². The smallest absolute Gasteiger partial charge is 0.263 e. The molecule has 174 valence electrons. The van der Waals surface area contributed by atoms with Crippen LogP contribution in [0.4, 0.5) is 5.69 Å². The Morgan fingerprint density at radius 3 is 2.25 bits per heavy atom. The third-order valence-corrected chi connectivity index (χ3v) is 8.16. The van der Waals surface area contributed by atoms with E-state index in [4.69, 9.17) is 16.3 Å². The van der Waals surface area contributed by atoms with E-state index < -0.39 is 15.9 Å². The summed E-state index contributed by atoms with van der Waals surface area (Å²) in [5, 5.41) is 0.676. The van der Waals surface area contributed by atoms with E-state index >= 15 is 0 Å². The van der Waals surface area contributed by atoms with Gasteiger partial charge in [-0.05, 0) is 68.1 Å². The molecule has 1 aliphatic heterocycles. The fourth-order valence-corrected chi connectivity index (χ4v) is 5.81. The SMILES string of the molecule is Cc1cc(O[C@H](C)C(=O)N(Cc2ccc(N(C)C)cc2)[C@@H]2CCS(=O)(=O)C2)cc(C)c1Cl. The average molecular weight is 479 g/mol. The molecular weight excluding hydrogens is 448 g/mol. The molecule has 0 aliphatic carbocycles. The Bertz CT molecular complexity index is 1060. The van der Waals surface area contributed by atoms with E-state index in [1.807, 2.05) is 69.2 Å². The lowest BCUT2D eigenvalue weighted by Crippen LogP contribution is -2.46. The van der Waals surface area contributed by atoms with Gasteiger partial charge in [-0.25, -0.2) is 8.42 Å². The molecule has 6 nitrogen and oxygen atoms in total. The first-order chi connectivity index (χ1) is 15.0. The zero-order chi connectivity index (χ0) is 23.6. The molecule has 0 radical (unpaired) electrons. The lowest BCUT2D eigenvalue weighted by molar-refractivity contribution is -0.140. The number of anilines is 1. The van der Waals surface area contributed by atoms with Gasteiger partial charge in [0, 0.05) is 37.4 Å². The molecule has 0 aromatic heterocycles. The van der Waals surface area contributed by atoms with Gasteiger partial charge in [0.2, 0.25) is 0 Å². The van der Waals surface area contributed by atoms with E-state index in [-0.39, 0.29) is 23.5 Å². The van der Waals surface area contributed by atoms with Crippen LogP contribution in [0.25, 0.3) is 0 Å². The van der Waals surface area contributed by atoms with Crippen molar-refractivity contribution in [3.05, 3.63) is 58.1 Å². The van der Waals surface area contributed by atoms with Gasteiger partial charge in [-0.15, -0.1) is 0 Å². The monoisotopic (exact) mass is 478 g/mol. The fourth-order valence-electron chi connectivity index (χ4n) is 3.97. The molecule has 0 bridgehead atoms. The summed E-state index contributed by atoms with van der Waals surface area (Å²) in [6, 6.07) is 11.2. The van der Waals surface area contributed by atoms with Crippen molar-refractivity contribution in [1.29, 1.82) is 0 Å². The molecule has 1 heterocycles. The number of benzene rings is 2. The average Bonchev–Trinajstić information content (AvgIpc) is 3.09. The predicted octanol–water partition coefficient (Wildman–Crippen LogP) is 4.01. The highest BCUT2D eigenvalue weighted by molar-refractivity contribution is 7.91. The summed E-state index contributed by atoms with van der Waals surface area (Å²) in [6.07, 6.45) is -0.324. The van der Waals surface area contributed by atoms with E-state index in [9.17, 15) is 13.2 Å². The van der Waals surface area contributed by atoms with Crippen LogP contribution in [-0.2, 0) is 21.2 Å². The zero-order valence-corrected chi connectivity index (χ0v) is 20.8. The maximum absolute atomic E-state index is 13.4. The number of nitrogens with zero attached hydrogens (tertiary/aromatic N) is 2. The van der Waals surface area contributed by atoms with Gasteiger partial charge in [-0.2, -0.15) is 0 Å². The van der Waals surface area contributed by atoms with Crippen LogP contribution in [0.5, 0.6) is 5.75 Å². The van der Waals surface area contributed by atoms with E-state index in [2.05, 4.69) is 0 Å². The molecule has 1 aliphatic rings. The van der Waals surface area contributed by atoms with Crippen molar-refractivity contribution < 1.29 is 17.9 Å². The molecule has 2 aromatic carbocycles. The Labute approximate surface area is 196 Å². The van der Waals surface area contributed by atoms with Crippen molar-refractivity contribution in [2.45, 2.75) is 45.9 Å². The Morgan fingerprint density at radius 2 is 1.75 bits per heavy atom. The summed E-state index contributed by atoms with van der Waals surface area (Å²) in [7, 11) is 0.791. The summed E-state index contributed by atoms with van der Waals surface area (Å²) in [6.45, 7) is 5.82. The number of carbonyl (C=O) groups excluding carboxylic acids is 1. The van der Waals surface area contributed by atoms with Crippen molar-refractivity contribution in [3.8, 4) is 5.75 Å². The maximum Gasteiger partial charge on any atom is 0.263 e. The van der Waals surface area contributed by atoms with Crippen LogP contribution in [-0.4, -0.2) is 57.0 Å². The first-order valence-corrected chi connectivity index (χ1v) is 12.9. The Hall–Kier alpha value is -2.25. The minimum atomic E-state index is -3.14. The highest BCUT2D eigenvalue weighted by Gasteiger charge is 2.36. The van der Waals surface area contributed by atoms with E-state index in [1.165, 1.54) is 0 Å². The number of hydrogen-bond acceptors (Lipinski definition) is 5. The van der Waals surface area contributed by atoms with E-state index in [1.54, 1.807) is 11.8 Å². The van der Waals surface area contributed by atoms with Crippen molar-refractivity contribution in [3.63, 3.8) is 0 Å². The van der Waals surface area contributed by atoms with Gasteiger partial charge in [0.1, 0.15) is 5.75 Å². The minimum absolute atomic E-state index is 0.0135. The van der Waals surface area contributed by atoms with Gasteiger partial charge in [0.05, 0.1) is 11.5 Å². The summed E-state index contributed by atoms with van der Waals surface area (Å²) in [4.78, 5) is 17.1. The largest absolute Gasteiger partial charge is 0.481 e. The van der Waals surface area contributed by atoms with Crippen molar-refractivity contribution >= 4 is 33.0 Å². The Kier molecular flexibility index (Phi) is 7.40. The lowest BCUT2D eigenvalue weighted by Gasteiger charge is -2.31. The predicted molar refractivity (Wildman–Crippen MR) is 129 cm³/mol. The molecule has 1 amide bonds. The number of sulfone groups is 1. The summed E-state index contributed by atoms with van der Waals surface area (Å²) >= 11 is 6.24. The molecule has 1 saturated heterocycles. The molecule has 0 saturated carbocycles. The van der Waals surface area contributed by atoms with Crippen LogP contribution in [0.15, 0.2) is 36.4 Å². The lowest BCUT2D eigenvalue weighted by atomic mass is 10.1. The van der Waals surface area contributed by atoms with Crippen LogP contribution in [0.3, 0.4) is 0 Å². The zero-order valence-electron chi connectivity index (χ0n) is 19.3. The summed E-state index contributed by atoms with van der Waals surface area (Å²) < 4.78 is 30.2. The van der Waals surface area contributed by atoms with E-state index in [0.29, 0.717) is 23.7 Å². The molecule has 1 fully saturated rings. The molecule has 2 aromatic rings. The maximum atomic E-state index is 13.4. The van der Waals surface area contributed by atoms with Gasteiger partial charge in [-0.3, -0.25) is 4.79 Å². The molecule has 0 N–H and O–H groups in total. The molecule has 3 rings (SSSR count). The van der Waals surface area contributed by atoms with Gasteiger partial charge >= 0.3 is 0 Å². The molecular formula is C24H31ClN2O4S. The highest BCUT2D eigenvalue weighted by atomic mass is 35.5. The van der Waals surface area contributed by atoms with Gasteiger partial charge in [0.25, 0.3) is 5.91 Å². The normalized spacial score (nSPS) is 18.2. The van der Waals surface area contributed by atoms with Gasteiger partial charge in [-0.1, -0.05) is 23.7 Å². The second-order valence-electron chi connectivity index (χ2n) is 8.72. The van der Waals surface area contributed by atoms with Gasteiger partial charge in [0.15, 0.2) is 15.9 Å². The number of rotatable bonds is 7.